The normalized spacial score (nSPS) is 10.7. The first-order chi connectivity index (χ1) is 9.29. The lowest BCUT2D eigenvalue weighted by atomic mass is 10.2. The molecular weight excluding hydrogens is 278 g/mol. The smallest absolute Gasteiger partial charge is 0.142 e. The molecule has 0 amide bonds. The molecule has 4 heteroatoms. The van der Waals surface area contributed by atoms with Gasteiger partial charge in [-0.25, -0.2) is 0 Å². The highest BCUT2D eigenvalue weighted by atomic mass is 35.5. The van der Waals surface area contributed by atoms with Gasteiger partial charge in [0.2, 0.25) is 0 Å². The Morgan fingerprint density at radius 3 is 2.89 bits per heavy atom. The van der Waals surface area contributed by atoms with Gasteiger partial charge in [-0.1, -0.05) is 37.6 Å². The Kier molecular flexibility index (Phi) is 9.14. The van der Waals surface area contributed by atoms with Gasteiger partial charge in [0.05, 0.1) is 11.6 Å². The van der Waals surface area contributed by atoms with Crippen molar-refractivity contribution in [2.24, 2.45) is 0 Å². The van der Waals surface area contributed by atoms with E-state index >= 15 is 0 Å². The molecule has 1 N–H and O–H groups in total. The van der Waals surface area contributed by atoms with Crippen molar-refractivity contribution >= 4 is 23.4 Å². The Morgan fingerprint density at radius 1 is 1.32 bits per heavy atom. The van der Waals surface area contributed by atoms with Gasteiger partial charge in [-0.2, -0.15) is 11.8 Å². The van der Waals surface area contributed by atoms with Gasteiger partial charge in [-0.15, -0.1) is 0 Å². The highest BCUT2D eigenvalue weighted by Crippen LogP contribution is 2.28. The maximum absolute atomic E-state index is 6.22. The van der Waals surface area contributed by atoms with Crippen molar-refractivity contribution in [1.82, 2.24) is 5.32 Å². The minimum atomic E-state index is 0.707. The molecule has 1 aromatic carbocycles. The number of hydrogen-bond donors (Lipinski definition) is 1. The van der Waals surface area contributed by atoms with Gasteiger partial charge in [0, 0.05) is 12.1 Å². The summed E-state index contributed by atoms with van der Waals surface area (Å²) in [6.45, 7) is 6.90. The number of benzene rings is 1. The fourth-order valence-corrected chi connectivity index (χ4v) is 2.59. The maximum atomic E-state index is 6.22. The first kappa shape index (κ1) is 16.7. The van der Waals surface area contributed by atoms with E-state index in [0.29, 0.717) is 5.02 Å². The highest BCUT2D eigenvalue weighted by Gasteiger charge is 2.07. The van der Waals surface area contributed by atoms with Crippen LogP contribution in [0.3, 0.4) is 0 Å². The van der Waals surface area contributed by atoms with Crippen molar-refractivity contribution in [3.8, 4) is 5.75 Å². The minimum absolute atomic E-state index is 0.707. The summed E-state index contributed by atoms with van der Waals surface area (Å²) >= 11 is 8.17. The van der Waals surface area contributed by atoms with Crippen molar-refractivity contribution in [1.29, 1.82) is 0 Å². The van der Waals surface area contributed by atoms with E-state index in [0.717, 1.165) is 55.4 Å². The molecule has 0 aliphatic rings. The third-order valence-corrected chi connectivity index (χ3v) is 3.96. The molecule has 1 rings (SSSR count). The van der Waals surface area contributed by atoms with Crippen LogP contribution in [0.25, 0.3) is 0 Å². The van der Waals surface area contributed by atoms with E-state index < -0.39 is 0 Å². The van der Waals surface area contributed by atoms with Gasteiger partial charge in [-0.05, 0) is 37.0 Å². The first-order valence-corrected chi connectivity index (χ1v) is 8.51. The lowest BCUT2D eigenvalue weighted by Gasteiger charge is -2.13. The lowest BCUT2D eigenvalue weighted by Crippen LogP contribution is -2.15. The van der Waals surface area contributed by atoms with Crippen molar-refractivity contribution in [3.63, 3.8) is 0 Å². The van der Waals surface area contributed by atoms with E-state index in [1.807, 2.05) is 23.9 Å². The molecule has 0 aromatic heterocycles. The largest absolute Gasteiger partial charge is 0.492 e. The molecule has 0 fully saturated rings. The molecule has 1 aromatic rings. The Morgan fingerprint density at radius 2 is 2.16 bits per heavy atom. The predicted octanol–water partition coefficient (Wildman–Crippen LogP) is 4.36. The summed E-state index contributed by atoms with van der Waals surface area (Å²) in [5.41, 5.74) is 1.14. The summed E-state index contributed by atoms with van der Waals surface area (Å²) in [6, 6.07) is 5.94. The molecule has 0 saturated carbocycles. The quantitative estimate of drug-likeness (QED) is 0.649. The van der Waals surface area contributed by atoms with Crippen molar-refractivity contribution in [2.75, 3.05) is 24.7 Å². The van der Waals surface area contributed by atoms with Crippen LogP contribution in [-0.2, 0) is 6.54 Å². The summed E-state index contributed by atoms with van der Waals surface area (Å²) in [5, 5.41) is 4.09. The van der Waals surface area contributed by atoms with Crippen LogP contribution in [0.15, 0.2) is 18.2 Å². The zero-order valence-electron chi connectivity index (χ0n) is 11.9. The van der Waals surface area contributed by atoms with Crippen molar-refractivity contribution < 1.29 is 4.74 Å². The molecule has 0 aliphatic heterocycles. The van der Waals surface area contributed by atoms with Crippen LogP contribution >= 0.6 is 23.4 Å². The molecule has 0 radical (unpaired) electrons. The fourth-order valence-electron chi connectivity index (χ4n) is 1.73. The Balaban J connectivity index is 2.49. The number of rotatable bonds is 10. The molecule has 0 heterocycles. The lowest BCUT2D eigenvalue weighted by molar-refractivity contribution is 0.315. The molecule has 0 aliphatic carbocycles. The zero-order chi connectivity index (χ0) is 13.9. The van der Waals surface area contributed by atoms with Gasteiger partial charge in [0.15, 0.2) is 0 Å². The van der Waals surface area contributed by atoms with Crippen molar-refractivity contribution in [2.45, 2.75) is 33.2 Å². The number of halogens is 1. The van der Waals surface area contributed by atoms with Crippen LogP contribution < -0.4 is 10.1 Å². The standard InChI is InChI=1S/C15H24ClNOS/c1-3-9-17-12-13-7-5-8-14(16)15(13)18-10-6-11-19-4-2/h5,7-8,17H,3-4,6,9-12H2,1-2H3. The van der Waals surface area contributed by atoms with E-state index in [1.165, 1.54) is 0 Å². The van der Waals surface area contributed by atoms with Gasteiger partial charge >= 0.3 is 0 Å². The molecule has 19 heavy (non-hydrogen) atoms. The van der Waals surface area contributed by atoms with Crippen LogP contribution in [0, 0.1) is 0 Å². The van der Waals surface area contributed by atoms with Crippen LogP contribution in [-0.4, -0.2) is 24.7 Å². The number of hydrogen-bond acceptors (Lipinski definition) is 3. The average Bonchev–Trinajstić information content (AvgIpc) is 2.41. The van der Waals surface area contributed by atoms with Gasteiger partial charge in [0.1, 0.15) is 5.75 Å². The first-order valence-electron chi connectivity index (χ1n) is 6.98. The SMILES string of the molecule is CCCNCc1cccc(Cl)c1OCCCSCC. The summed E-state index contributed by atoms with van der Waals surface area (Å²) in [5.74, 6) is 3.15. The van der Waals surface area contributed by atoms with Gasteiger partial charge < -0.3 is 10.1 Å². The third kappa shape index (κ3) is 6.55. The molecule has 108 valence electrons. The van der Waals surface area contributed by atoms with Crippen LogP contribution in [0.1, 0.15) is 32.3 Å². The average molecular weight is 302 g/mol. The second-order valence-corrected chi connectivity index (χ2v) is 6.10. The summed E-state index contributed by atoms with van der Waals surface area (Å²) in [6.07, 6.45) is 2.19. The molecule has 0 bridgehead atoms. The second kappa shape index (κ2) is 10.4. The number of nitrogens with one attached hydrogen (secondary N) is 1. The summed E-state index contributed by atoms with van der Waals surface area (Å²) in [4.78, 5) is 0. The summed E-state index contributed by atoms with van der Waals surface area (Å²) < 4.78 is 5.86. The van der Waals surface area contributed by atoms with Crippen LogP contribution in [0.2, 0.25) is 5.02 Å². The number of ether oxygens (including phenoxy) is 1. The maximum Gasteiger partial charge on any atom is 0.142 e. The Hall–Kier alpha value is -0.380. The van der Waals surface area contributed by atoms with Crippen molar-refractivity contribution in [3.05, 3.63) is 28.8 Å². The summed E-state index contributed by atoms with van der Waals surface area (Å²) in [7, 11) is 0. The van der Waals surface area contributed by atoms with E-state index in [2.05, 4.69) is 25.2 Å². The molecule has 0 saturated heterocycles. The number of para-hydroxylation sites is 1. The van der Waals surface area contributed by atoms with E-state index in [-0.39, 0.29) is 0 Å². The minimum Gasteiger partial charge on any atom is -0.492 e. The monoisotopic (exact) mass is 301 g/mol. The second-order valence-electron chi connectivity index (χ2n) is 4.30. The van der Waals surface area contributed by atoms with Crippen LogP contribution in [0.4, 0.5) is 0 Å². The topological polar surface area (TPSA) is 21.3 Å². The molecular formula is C15H24ClNOS. The molecule has 0 spiro atoms. The molecule has 0 atom stereocenters. The predicted molar refractivity (Wildman–Crippen MR) is 86.6 cm³/mol. The van der Waals surface area contributed by atoms with E-state index in [9.17, 15) is 0 Å². The molecule has 2 nitrogen and oxygen atoms in total. The van der Waals surface area contributed by atoms with E-state index in [4.69, 9.17) is 16.3 Å². The zero-order valence-corrected chi connectivity index (χ0v) is 13.4. The molecule has 0 unspecified atom stereocenters. The highest BCUT2D eigenvalue weighted by molar-refractivity contribution is 7.99. The van der Waals surface area contributed by atoms with Gasteiger partial charge in [0.25, 0.3) is 0 Å². The van der Waals surface area contributed by atoms with E-state index in [1.54, 1.807) is 0 Å². The fraction of sp³-hybridized carbons (Fsp3) is 0.600. The Labute approximate surface area is 126 Å². The third-order valence-electron chi connectivity index (χ3n) is 2.67. The van der Waals surface area contributed by atoms with Gasteiger partial charge in [-0.3, -0.25) is 0 Å². The number of thioether (sulfide) groups is 1. The van der Waals surface area contributed by atoms with Crippen LogP contribution in [0.5, 0.6) is 5.75 Å². The Bertz CT molecular complexity index is 360.